The Morgan fingerprint density at radius 1 is 1.25 bits per heavy atom. The molecule has 1 unspecified atom stereocenters. The summed E-state index contributed by atoms with van der Waals surface area (Å²) in [7, 11) is 0. The van der Waals surface area contributed by atoms with Crippen molar-refractivity contribution in [3.63, 3.8) is 0 Å². The summed E-state index contributed by atoms with van der Waals surface area (Å²) in [6, 6.07) is 3.81. The molecule has 2 rings (SSSR count). The lowest BCUT2D eigenvalue weighted by atomic mass is 10.0. The average molecular weight is 285 g/mol. The molecule has 0 radical (unpaired) electrons. The molecule has 1 atom stereocenters. The number of halogens is 3. The molecule has 0 N–H and O–H groups in total. The van der Waals surface area contributed by atoms with Crippen LogP contribution in [0.3, 0.4) is 0 Å². The van der Waals surface area contributed by atoms with Gasteiger partial charge in [-0.3, -0.25) is 4.79 Å². The number of nitrogens with zero attached hydrogens (tertiary/aromatic N) is 1. The highest BCUT2D eigenvalue weighted by Gasteiger charge is 2.35. The molecule has 2 nitrogen and oxygen atoms in total. The zero-order valence-electron chi connectivity index (χ0n) is 11.4. The molecule has 1 aliphatic rings. The zero-order chi connectivity index (χ0) is 14.8. The van der Waals surface area contributed by atoms with E-state index in [0.717, 1.165) is 25.3 Å². The van der Waals surface area contributed by atoms with Crippen molar-refractivity contribution in [1.82, 2.24) is 0 Å². The van der Waals surface area contributed by atoms with Crippen molar-refractivity contribution in [3.8, 4) is 0 Å². The third-order valence-corrected chi connectivity index (χ3v) is 3.82. The summed E-state index contributed by atoms with van der Waals surface area (Å²) in [4.78, 5) is 12.5. The third kappa shape index (κ3) is 3.32. The van der Waals surface area contributed by atoms with Crippen LogP contribution in [0.5, 0.6) is 0 Å². The molecule has 0 aliphatic carbocycles. The predicted molar refractivity (Wildman–Crippen MR) is 72.1 cm³/mol. The Balaban J connectivity index is 2.37. The number of benzene rings is 1. The van der Waals surface area contributed by atoms with Gasteiger partial charge in [0.1, 0.15) is 6.29 Å². The Hall–Kier alpha value is -1.52. The molecule has 1 aromatic rings. The van der Waals surface area contributed by atoms with Gasteiger partial charge in [-0.1, -0.05) is 6.92 Å². The van der Waals surface area contributed by atoms with Crippen LogP contribution in [-0.2, 0) is 6.18 Å². The van der Waals surface area contributed by atoms with Gasteiger partial charge in [0.2, 0.25) is 0 Å². The van der Waals surface area contributed by atoms with E-state index in [2.05, 4.69) is 6.92 Å². The predicted octanol–water partition coefficient (Wildman–Crippen LogP) is 4.14. The number of rotatable bonds is 2. The number of hydrogen-bond acceptors (Lipinski definition) is 2. The van der Waals surface area contributed by atoms with Crippen molar-refractivity contribution in [1.29, 1.82) is 0 Å². The van der Waals surface area contributed by atoms with Gasteiger partial charge in [0.05, 0.1) is 5.56 Å². The van der Waals surface area contributed by atoms with Crippen LogP contribution in [-0.4, -0.2) is 19.4 Å². The molecule has 110 valence electrons. The maximum absolute atomic E-state index is 13.2. The Labute approximate surface area is 116 Å². The fourth-order valence-electron chi connectivity index (χ4n) is 2.63. The second kappa shape index (κ2) is 5.85. The first-order chi connectivity index (χ1) is 9.41. The van der Waals surface area contributed by atoms with E-state index in [-0.39, 0.29) is 11.3 Å². The third-order valence-electron chi connectivity index (χ3n) is 3.82. The van der Waals surface area contributed by atoms with Gasteiger partial charge in [-0.25, -0.2) is 0 Å². The van der Waals surface area contributed by atoms with Gasteiger partial charge in [0.25, 0.3) is 0 Å². The van der Waals surface area contributed by atoms with Crippen LogP contribution in [0.15, 0.2) is 18.2 Å². The van der Waals surface area contributed by atoms with E-state index in [1.807, 2.05) is 0 Å². The normalized spacial score (nSPS) is 20.6. The van der Waals surface area contributed by atoms with Gasteiger partial charge in [-0.2, -0.15) is 13.2 Å². The number of alkyl halides is 3. The zero-order valence-corrected chi connectivity index (χ0v) is 11.4. The lowest BCUT2D eigenvalue weighted by Gasteiger charge is -2.26. The second-order valence-corrected chi connectivity index (χ2v) is 5.42. The van der Waals surface area contributed by atoms with Crippen LogP contribution >= 0.6 is 0 Å². The van der Waals surface area contributed by atoms with Gasteiger partial charge in [-0.15, -0.1) is 0 Å². The van der Waals surface area contributed by atoms with Crippen molar-refractivity contribution in [2.75, 3.05) is 18.0 Å². The van der Waals surface area contributed by atoms with Gasteiger partial charge in [0.15, 0.2) is 0 Å². The molecule has 0 bridgehead atoms. The minimum absolute atomic E-state index is 0.0595. The van der Waals surface area contributed by atoms with Gasteiger partial charge < -0.3 is 4.90 Å². The molecule has 1 aliphatic heterocycles. The lowest BCUT2D eigenvalue weighted by molar-refractivity contribution is -0.137. The SMILES string of the molecule is CC1CCCN(c2ccc(C=O)cc2C(F)(F)F)CC1. The summed E-state index contributed by atoms with van der Waals surface area (Å²) in [5, 5.41) is 0. The molecule has 0 spiro atoms. The standard InChI is InChI=1S/C15H18F3NO/c1-11-3-2-7-19(8-6-11)14-5-4-12(10-20)9-13(14)15(16,17)18/h4-5,9-11H,2-3,6-8H2,1H3. The largest absolute Gasteiger partial charge is 0.418 e. The molecule has 1 fully saturated rings. The van der Waals surface area contributed by atoms with E-state index >= 15 is 0 Å². The molecular formula is C15H18F3NO. The summed E-state index contributed by atoms with van der Waals surface area (Å²) in [5.41, 5.74) is -0.460. The van der Waals surface area contributed by atoms with Crippen LogP contribution < -0.4 is 4.90 Å². The summed E-state index contributed by atoms with van der Waals surface area (Å²) in [6.07, 6.45) is -1.15. The van der Waals surface area contributed by atoms with Crippen LogP contribution in [0, 0.1) is 5.92 Å². The summed E-state index contributed by atoms with van der Waals surface area (Å²) in [5.74, 6) is 0.545. The minimum Gasteiger partial charge on any atom is -0.371 e. The highest BCUT2D eigenvalue weighted by molar-refractivity contribution is 5.77. The first kappa shape index (κ1) is 14.9. The van der Waals surface area contributed by atoms with E-state index in [0.29, 0.717) is 25.3 Å². The topological polar surface area (TPSA) is 20.3 Å². The fourth-order valence-corrected chi connectivity index (χ4v) is 2.63. The molecule has 5 heteroatoms. The van der Waals surface area contributed by atoms with Crippen molar-refractivity contribution < 1.29 is 18.0 Å². The fraction of sp³-hybridized carbons (Fsp3) is 0.533. The second-order valence-electron chi connectivity index (χ2n) is 5.42. The summed E-state index contributed by atoms with van der Waals surface area (Å²) in [6.45, 7) is 3.39. The Bertz CT molecular complexity index is 484. The van der Waals surface area contributed by atoms with Crippen LogP contribution in [0.1, 0.15) is 42.1 Å². The maximum atomic E-state index is 13.2. The molecular weight excluding hydrogens is 267 g/mol. The summed E-state index contributed by atoms with van der Waals surface area (Å²) >= 11 is 0. The monoisotopic (exact) mass is 285 g/mol. The number of carbonyl (C=O) groups is 1. The van der Waals surface area contributed by atoms with Crippen molar-refractivity contribution >= 4 is 12.0 Å². The molecule has 0 aromatic heterocycles. The van der Waals surface area contributed by atoms with E-state index < -0.39 is 11.7 Å². The highest BCUT2D eigenvalue weighted by Crippen LogP contribution is 2.38. The van der Waals surface area contributed by atoms with Crippen molar-refractivity contribution in [3.05, 3.63) is 29.3 Å². The number of anilines is 1. The van der Waals surface area contributed by atoms with Crippen molar-refractivity contribution in [2.45, 2.75) is 32.4 Å². The van der Waals surface area contributed by atoms with Gasteiger partial charge in [-0.05, 0) is 43.4 Å². The quantitative estimate of drug-likeness (QED) is 0.761. The maximum Gasteiger partial charge on any atom is 0.418 e. The average Bonchev–Trinajstić information content (AvgIpc) is 2.62. The van der Waals surface area contributed by atoms with E-state index in [1.165, 1.54) is 12.1 Å². The van der Waals surface area contributed by atoms with Gasteiger partial charge in [0, 0.05) is 24.3 Å². The van der Waals surface area contributed by atoms with Crippen LogP contribution in [0.25, 0.3) is 0 Å². The number of carbonyl (C=O) groups excluding carboxylic acids is 1. The molecule has 0 amide bonds. The van der Waals surface area contributed by atoms with Crippen LogP contribution in [0.2, 0.25) is 0 Å². The molecule has 20 heavy (non-hydrogen) atoms. The Morgan fingerprint density at radius 2 is 2.00 bits per heavy atom. The Kier molecular flexibility index (Phi) is 4.35. The first-order valence-electron chi connectivity index (χ1n) is 6.83. The molecule has 1 saturated heterocycles. The Morgan fingerprint density at radius 3 is 2.65 bits per heavy atom. The van der Waals surface area contributed by atoms with Gasteiger partial charge >= 0.3 is 6.18 Å². The lowest BCUT2D eigenvalue weighted by Crippen LogP contribution is -2.27. The first-order valence-corrected chi connectivity index (χ1v) is 6.83. The van der Waals surface area contributed by atoms with Crippen molar-refractivity contribution in [2.24, 2.45) is 5.92 Å². The number of aldehydes is 1. The van der Waals surface area contributed by atoms with E-state index in [9.17, 15) is 18.0 Å². The molecule has 1 heterocycles. The molecule has 1 aromatic carbocycles. The summed E-state index contributed by atoms with van der Waals surface area (Å²) < 4.78 is 39.5. The smallest absolute Gasteiger partial charge is 0.371 e. The van der Waals surface area contributed by atoms with E-state index in [4.69, 9.17) is 0 Å². The highest BCUT2D eigenvalue weighted by atomic mass is 19.4. The van der Waals surface area contributed by atoms with E-state index in [1.54, 1.807) is 4.90 Å². The van der Waals surface area contributed by atoms with Crippen LogP contribution in [0.4, 0.5) is 18.9 Å². The number of hydrogen-bond donors (Lipinski definition) is 0. The molecule has 0 saturated carbocycles. The minimum atomic E-state index is -4.44.